The van der Waals surface area contributed by atoms with Gasteiger partial charge in [0.2, 0.25) is 0 Å². The van der Waals surface area contributed by atoms with Crippen LogP contribution in [0.5, 0.6) is 0 Å². The van der Waals surface area contributed by atoms with Crippen LogP contribution in [-0.4, -0.2) is 13.9 Å². The van der Waals surface area contributed by atoms with E-state index < -0.39 is 0 Å². The first-order valence-electron chi connectivity index (χ1n) is 0. The van der Waals surface area contributed by atoms with Gasteiger partial charge in [0.05, 0.1) is 0 Å². The van der Waals surface area contributed by atoms with Gasteiger partial charge in [-0.1, -0.05) is 0 Å². The van der Waals surface area contributed by atoms with E-state index in [1.807, 2.05) is 0 Å². The minimum atomic E-state index is 0. The van der Waals surface area contributed by atoms with Gasteiger partial charge in [0.15, 0.2) is 0 Å². The summed E-state index contributed by atoms with van der Waals surface area (Å²) in [5, 5.41) is 0. The summed E-state index contributed by atoms with van der Waals surface area (Å²) >= 11 is 0. The minimum absolute atomic E-state index is 0. The maximum absolute atomic E-state index is 0. The van der Waals surface area contributed by atoms with E-state index in [0.717, 1.165) is 0 Å². The Bertz CT molecular complexity index is 6.00. The first kappa shape index (κ1) is 11300. The Morgan fingerprint density at radius 1 is 1.00 bits per heavy atom. The molecule has 5 radical (unpaired) electrons. The monoisotopic (exact) mass is 62.0 g/mol. The van der Waals surface area contributed by atoms with Crippen molar-refractivity contribution in [3.63, 3.8) is 0 Å². The van der Waals surface area contributed by atoms with Gasteiger partial charge < -0.3 is 11.6 Å². The van der Waals surface area contributed by atoms with E-state index in [-0.39, 0.29) is 25.5 Å². The third kappa shape index (κ3) is 573. The lowest BCUT2D eigenvalue weighted by molar-refractivity contribution is 0.686. The fourth-order valence-corrected chi connectivity index (χ4v) is 0. The predicted octanol–water partition coefficient (Wildman–Crippen LogP) is -0.300. The average Bonchev–Trinajstić information content (AvgIpc) is 0. The Labute approximate surface area is 26.8 Å². The maximum Gasteiger partial charge on any atom is 0 e. The van der Waals surface area contributed by atoms with Crippen molar-refractivity contribution >= 4 is 8.41 Å². The Kier molecular flexibility index (Phi) is 10400000. The molecule has 25 valence electrons. The maximum atomic E-state index is 0. The molecule has 0 aliphatic heterocycles. The van der Waals surface area contributed by atoms with Crippen LogP contribution in [0.25, 0.3) is 0 Å². The Hall–Kier alpha value is -0.0551. The molecule has 0 amide bonds. The second-order valence-corrected chi connectivity index (χ2v) is 0. The smallest absolute Gasteiger partial charge is 0 e. The fraction of sp³-hybridized carbons (Fsp3) is 0. The quantitative estimate of drug-likeness (QED) is 0.383. The van der Waals surface area contributed by atoms with Crippen molar-refractivity contribution in [2.24, 2.45) is 0 Å². The van der Waals surface area contributed by atoms with Crippen molar-refractivity contribution in [3.05, 3.63) is 0 Å². The highest BCUT2D eigenvalue weighted by Gasteiger charge is 0.00101. The number of quaternary nitrogens is 1. The molecule has 0 spiro atoms. The molecule has 0 atom stereocenters. The van der Waals surface area contributed by atoms with Crippen LogP contribution in [-0.2, 0) is 5.48 Å². The first-order valence-corrected chi connectivity index (χ1v) is 0. The topological polar surface area (TPSA) is 95.0 Å². The predicted molar refractivity (Wildman–Crippen MR) is 14.4 cm³/mol. The normalized spacial score (nSPS) is 0. The van der Waals surface area contributed by atoms with Crippen LogP contribution in [0.1, 0.15) is 0 Å². The van der Waals surface area contributed by atoms with Crippen LogP contribution in [0.15, 0.2) is 0 Å². The molecule has 0 heterocycles. The van der Waals surface area contributed by atoms with Crippen LogP contribution in [0, 0.1) is 0 Å². The fourth-order valence-electron chi connectivity index (χ4n) is 0. The van der Waals surface area contributed by atoms with Crippen molar-refractivity contribution in [3.8, 4) is 0 Å². The minimum Gasteiger partial charge on any atom is -0.870 e. The summed E-state index contributed by atoms with van der Waals surface area (Å²) in [7, 11) is 0. The second-order valence-electron chi connectivity index (χ2n) is 0. The molecule has 4 heteroatoms. The standard InChI is InChI=1S/B.H3N.H2O.O/h;1H3;1H2;. The number of rotatable bonds is 0. The summed E-state index contributed by atoms with van der Waals surface area (Å²) in [4.78, 5) is 0. The highest BCUT2D eigenvalue weighted by Crippen LogP contribution is -0.119. The summed E-state index contributed by atoms with van der Waals surface area (Å²) in [5.41, 5.74) is 0. The van der Waals surface area contributed by atoms with E-state index in [9.17, 15) is 0 Å². The van der Waals surface area contributed by atoms with E-state index in [4.69, 9.17) is 0 Å². The highest BCUT2D eigenvalue weighted by molar-refractivity contribution is 5.75. The van der Waals surface area contributed by atoms with Gasteiger partial charge in [0, 0.05) is 13.9 Å². The zero-order valence-electron chi connectivity index (χ0n) is 2.43. The molecule has 0 unspecified atom stereocenters. The summed E-state index contributed by atoms with van der Waals surface area (Å²) in [5.74, 6) is 0. The lowest BCUT2D eigenvalue weighted by Gasteiger charge is -0.870. The largest absolute Gasteiger partial charge is 0.870 e. The van der Waals surface area contributed by atoms with E-state index in [1.165, 1.54) is 0 Å². The van der Waals surface area contributed by atoms with Gasteiger partial charge in [-0.15, -0.1) is 0 Å². The van der Waals surface area contributed by atoms with Gasteiger partial charge in [-0.25, -0.2) is 0 Å². The van der Waals surface area contributed by atoms with Crippen molar-refractivity contribution < 1.29 is 11.0 Å². The summed E-state index contributed by atoms with van der Waals surface area (Å²) in [6.45, 7) is 0. The molecule has 0 bridgehead atoms. The molecule has 0 fully saturated rings. The molecule has 0 aromatic carbocycles. The molecule has 5 N–H and O–H groups in total. The third-order valence-electron chi connectivity index (χ3n) is 0. The van der Waals surface area contributed by atoms with Crippen LogP contribution >= 0.6 is 0 Å². The highest BCUT2D eigenvalue weighted by atomic mass is 16.0. The molecular weight excluding hydrogens is 56.8 g/mol. The van der Waals surface area contributed by atoms with Gasteiger partial charge in [-0.05, 0) is 0 Å². The summed E-state index contributed by atoms with van der Waals surface area (Å²) in [6.07, 6.45) is 0. The van der Waals surface area contributed by atoms with Gasteiger partial charge in [0.25, 0.3) is 0 Å². The molecule has 0 saturated heterocycles. The SMILES string of the molecule is [B].[NH4+].[OH-].[O]. The molecule has 0 aromatic rings. The van der Waals surface area contributed by atoms with Crippen molar-refractivity contribution in [1.29, 1.82) is 0 Å². The number of hydrogen-bond donors (Lipinski definition) is 1. The first-order chi connectivity index (χ1) is 0. The van der Waals surface area contributed by atoms with E-state index in [1.54, 1.807) is 0 Å². The Morgan fingerprint density at radius 3 is 1.00 bits per heavy atom. The van der Waals surface area contributed by atoms with Crippen molar-refractivity contribution in [2.45, 2.75) is 0 Å². The van der Waals surface area contributed by atoms with Crippen LogP contribution < -0.4 is 6.15 Å². The molecule has 4 heavy (non-hydrogen) atoms. The van der Waals surface area contributed by atoms with Crippen LogP contribution in [0.2, 0.25) is 0 Å². The van der Waals surface area contributed by atoms with Gasteiger partial charge in [-0.2, -0.15) is 0 Å². The molecule has 0 saturated carbocycles. The van der Waals surface area contributed by atoms with E-state index in [2.05, 4.69) is 0 Å². The molecule has 0 aromatic heterocycles. The van der Waals surface area contributed by atoms with E-state index in [0.29, 0.717) is 0 Å². The van der Waals surface area contributed by atoms with Gasteiger partial charge in [0.1, 0.15) is 0 Å². The van der Waals surface area contributed by atoms with Gasteiger partial charge >= 0.3 is 0 Å². The van der Waals surface area contributed by atoms with Crippen LogP contribution in [0.3, 0.4) is 0 Å². The lowest BCUT2D eigenvalue weighted by Crippen LogP contribution is -0.481. The second kappa shape index (κ2) is 3670. The van der Waals surface area contributed by atoms with Crippen molar-refractivity contribution in [2.75, 3.05) is 0 Å². The molecular formula is H5BNO2. The average molecular weight is 61.9 g/mol. The molecule has 0 rings (SSSR count). The van der Waals surface area contributed by atoms with Crippen molar-refractivity contribution in [1.82, 2.24) is 6.15 Å². The summed E-state index contributed by atoms with van der Waals surface area (Å²) in [6, 6.07) is 0. The number of hydrogen-bond acceptors (Lipinski definition) is 1. The zero-order chi connectivity index (χ0) is 0. The Balaban J connectivity index is 0. The summed E-state index contributed by atoms with van der Waals surface area (Å²) < 4.78 is 0. The zero-order valence-corrected chi connectivity index (χ0v) is 2.43. The Morgan fingerprint density at radius 2 is 1.00 bits per heavy atom. The molecule has 0 aliphatic carbocycles. The molecule has 3 nitrogen and oxygen atoms in total. The van der Waals surface area contributed by atoms with Crippen LogP contribution in [0.4, 0.5) is 0 Å². The van der Waals surface area contributed by atoms with E-state index >= 15 is 0 Å². The lowest BCUT2D eigenvalue weighted by atomic mass is 10.8. The molecule has 0 aliphatic rings. The third-order valence-corrected chi connectivity index (χ3v) is 0. The van der Waals surface area contributed by atoms with Gasteiger partial charge in [-0.3, -0.25) is 0 Å².